The highest BCUT2D eigenvalue weighted by atomic mass is 16.5. The van der Waals surface area contributed by atoms with Gasteiger partial charge in [-0.25, -0.2) is 0 Å². The molecule has 3 N–H and O–H groups in total. The van der Waals surface area contributed by atoms with Crippen molar-refractivity contribution in [1.82, 2.24) is 10.2 Å². The maximum absolute atomic E-state index is 11.6. The number of H-pyrrole nitrogens is 1. The first-order valence-electron chi connectivity index (χ1n) is 5.92. The largest absolute Gasteiger partial charge is 0.482 e. The summed E-state index contributed by atoms with van der Waals surface area (Å²) in [5.74, 6) is 1.08. The Morgan fingerprint density at radius 2 is 2.26 bits per heavy atom. The van der Waals surface area contributed by atoms with Crippen LogP contribution in [0.4, 0.5) is 11.5 Å². The van der Waals surface area contributed by atoms with Gasteiger partial charge in [0.25, 0.3) is 5.91 Å². The molecule has 2 heterocycles. The number of aryl methyl sites for hydroxylation is 1. The second kappa shape index (κ2) is 4.01. The number of nitrogen functional groups attached to an aromatic ring is 1. The van der Waals surface area contributed by atoms with Crippen molar-refractivity contribution < 1.29 is 9.53 Å². The van der Waals surface area contributed by atoms with Crippen molar-refractivity contribution in [3.8, 4) is 16.9 Å². The Balaban J connectivity index is 2.14. The zero-order valence-electron chi connectivity index (χ0n) is 10.7. The fraction of sp³-hybridized carbons (Fsp3) is 0.231. The topological polar surface area (TPSA) is 84.2 Å². The molecule has 0 aliphatic carbocycles. The molecule has 2 aromatic rings. The minimum absolute atomic E-state index is 0.0680. The Kier molecular flexibility index (Phi) is 2.45. The fourth-order valence-electron chi connectivity index (χ4n) is 2.24. The molecule has 0 saturated heterocycles. The van der Waals surface area contributed by atoms with Gasteiger partial charge in [0.05, 0.1) is 5.69 Å². The van der Waals surface area contributed by atoms with E-state index in [0.29, 0.717) is 11.6 Å². The standard InChI is InChI=1S/C13H14N4O2/c1-7-12(13(14)16-15-7)8-3-4-10-9(5-8)17(2)11(18)6-19-10/h3-5H,6H2,1-2H3,(H3,14,15,16). The first kappa shape index (κ1) is 11.6. The van der Waals surface area contributed by atoms with Crippen LogP contribution in [0.2, 0.25) is 0 Å². The number of nitrogens with one attached hydrogen (secondary N) is 1. The molecule has 0 spiro atoms. The molecule has 0 atom stereocenters. The molecule has 98 valence electrons. The molecule has 1 aromatic heterocycles. The quantitative estimate of drug-likeness (QED) is 0.808. The maximum Gasteiger partial charge on any atom is 0.264 e. The van der Waals surface area contributed by atoms with E-state index in [1.807, 2.05) is 25.1 Å². The molecule has 0 fully saturated rings. The van der Waals surface area contributed by atoms with Gasteiger partial charge in [-0.1, -0.05) is 6.07 Å². The Bertz CT molecular complexity index is 643. The third kappa shape index (κ3) is 1.72. The molecule has 1 aliphatic heterocycles. The van der Waals surface area contributed by atoms with Crippen LogP contribution in [0.5, 0.6) is 5.75 Å². The minimum Gasteiger partial charge on any atom is -0.482 e. The first-order valence-corrected chi connectivity index (χ1v) is 5.92. The lowest BCUT2D eigenvalue weighted by molar-refractivity contribution is -0.120. The summed E-state index contributed by atoms with van der Waals surface area (Å²) in [7, 11) is 1.74. The summed E-state index contributed by atoms with van der Waals surface area (Å²) < 4.78 is 5.39. The van der Waals surface area contributed by atoms with E-state index in [-0.39, 0.29) is 12.5 Å². The van der Waals surface area contributed by atoms with Crippen LogP contribution in [-0.2, 0) is 4.79 Å². The predicted octanol–water partition coefficient (Wildman–Crippen LogP) is 1.32. The van der Waals surface area contributed by atoms with Crippen LogP contribution < -0.4 is 15.4 Å². The molecule has 1 aromatic carbocycles. The zero-order valence-corrected chi connectivity index (χ0v) is 10.7. The average Bonchev–Trinajstić information content (AvgIpc) is 2.73. The number of amides is 1. The van der Waals surface area contributed by atoms with Crippen molar-refractivity contribution in [3.63, 3.8) is 0 Å². The van der Waals surface area contributed by atoms with Crippen LogP contribution >= 0.6 is 0 Å². The van der Waals surface area contributed by atoms with E-state index in [2.05, 4.69) is 10.2 Å². The Morgan fingerprint density at radius 1 is 1.47 bits per heavy atom. The third-order valence-electron chi connectivity index (χ3n) is 3.31. The van der Waals surface area contributed by atoms with E-state index in [4.69, 9.17) is 10.5 Å². The van der Waals surface area contributed by atoms with Gasteiger partial charge in [-0.15, -0.1) is 0 Å². The third-order valence-corrected chi connectivity index (χ3v) is 3.31. The highest BCUT2D eigenvalue weighted by molar-refractivity contribution is 5.98. The van der Waals surface area contributed by atoms with Crippen molar-refractivity contribution >= 4 is 17.4 Å². The normalized spacial score (nSPS) is 14.2. The lowest BCUT2D eigenvalue weighted by Crippen LogP contribution is -2.35. The van der Waals surface area contributed by atoms with Crippen LogP contribution in [0.1, 0.15) is 5.69 Å². The van der Waals surface area contributed by atoms with E-state index < -0.39 is 0 Å². The van der Waals surface area contributed by atoms with Crippen molar-refractivity contribution in [3.05, 3.63) is 23.9 Å². The number of rotatable bonds is 1. The van der Waals surface area contributed by atoms with E-state index in [1.54, 1.807) is 11.9 Å². The number of hydrogen-bond acceptors (Lipinski definition) is 4. The van der Waals surface area contributed by atoms with Crippen LogP contribution in [0, 0.1) is 6.92 Å². The number of carbonyl (C=O) groups is 1. The summed E-state index contributed by atoms with van der Waals surface area (Å²) in [6.45, 7) is 1.99. The highest BCUT2D eigenvalue weighted by Crippen LogP contribution is 2.37. The summed E-state index contributed by atoms with van der Waals surface area (Å²) in [5.41, 5.74) is 9.26. The van der Waals surface area contributed by atoms with Gasteiger partial charge in [0.15, 0.2) is 12.4 Å². The van der Waals surface area contributed by atoms with Crippen molar-refractivity contribution in [2.24, 2.45) is 0 Å². The van der Waals surface area contributed by atoms with Crippen molar-refractivity contribution in [2.45, 2.75) is 6.92 Å². The number of ether oxygens (including phenoxy) is 1. The van der Waals surface area contributed by atoms with Crippen LogP contribution in [0.3, 0.4) is 0 Å². The van der Waals surface area contributed by atoms with Gasteiger partial charge in [0.1, 0.15) is 5.75 Å². The number of carbonyl (C=O) groups excluding carboxylic acids is 1. The second-order valence-corrected chi connectivity index (χ2v) is 4.53. The van der Waals surface area contributed by atoms with Gasteiger partial charge in [-0.2, -0.15) is 5.10 Å². The second-order valence-electron chi connectivity index (χ2n) is 4.53. The summed E-state index contributed by atoms with van der Waals surface area (Å²) in [6.07, 6.45) is 0. The van der Waals surface area contributed by atoms with E-state index in [1.165, 1.54) is 0 Å². The molecule has 6 nitrogen and oxygen atoms in total. The van der Waals surface area contributed by atoms with Gasteiger partial charge in [-0.05, 0) is 24.6 Å². The number of likely N-dealkylation sites (N-methyl/N-ethyl adjacent to an activating group) is 1. The van der Waals surface area contributed by atoms with Crippen molar-refractivity contribution in [2.75, 3.05) is 24.3 Å². The minimum atomic E-state index is -0.0680. The predicted molar refractivity (Wildman–Crippen MR) is 72.1 cm³/mol. The number of benzene rings is 1. The Hall–Kier alpha value is -2.50. The van der Waals surface area contributed by atoms with Crippen molar-refractivity contribution in [1.29, 1.82) is 0 Å². The van der Waals surface area contributed by atoms with Crippen LogP contribution in [0.15, 0.2) is 18.2 Å². The molecule has 19 heavy (non-hydrogen) atoms. The van der Waals surface area contributed by atoms with Gasteiger partial charge in [0.2, 0.25) is 0 Å². The number of fused-ring (bicyclic) bond motifs is 1. The fourth-order valence-corrected chi connectivity index (χ4v) is 2.24. The molecular formula is C13H14N4O2. The average molecular weight is 258 g/mol. The van der Waals surface area contributed by atoms with E-state index in [0.717, 1.165) is 22.5 Å². The molecular weight excluding hydrogens is 244 g/mol. The van der Waals surface area contributed by atoms with E-state index in [9.17, 15) is 4.79 Å². The Labute approximate surface area is 110 Å². The number of nitrogens with two attached hydrogens (primary N) is 1. The van der Waals surface area contributed by atoms with Gasteiger partial charge in [0, 0.05) is 18.3 Å². The molecule has 1 aliphatic rings. The van der Waals surface area contributed by atoms with Gasteiger partial charge in [-0.3, -0.25) is 9.89 Å². The Morgan fingerprint density at radius 3 is 2.95 bits per heavy atom. The summed E-state index contributed by atoms with van der Waals surface area (Å²) in [6, 6.07) is 5.65. The van der Waals surface area contributed by atoms with Gasteiger partial charge < -0.3 is 15.4 Å². The van der Waals surface area contributed by atoms with Gasteiger partial charge >= 0.3 is 0 Å². The molecule has 6 heteroatoms. The molecule has 0 unspecified atom stereocenters. The number of hydrogen-bond donors (Lipinski definition) is 2. The number of aromatic amines is 1. The molecule has 0 bridgehead atoms. The monoisotopic (exact) mass is 258 g/mol. The van der Waals surface area contributed by atoms with Crippen LogP contribution in [0.25, 0.3) is 11.1 Å². The summed E-state index contributed by atoms with van der Waals surface area (Å²) >= 11 is 0. The maximum atomic E-state index is 11.6. The number of aromatic nitrogens is 2. The van der Waals surface area contributed by atoms with Crippen LogP contribution in [-0.4, -0.2) is 29.8 Å². The number of nitrogens with zero attached hydrogens (tertiary/aromatic N) is 2. The number of anilines is 2. The zero-order chi connectivity index (χ0) is 13.6. The lowest BCUT2D eigenvalue weighted by Gasteiger charge is -2.26. The smallest absolute Gasteiger partial charge is 0.264 e. The lowest BCUT2D eigenvalue weighted by atomic mass is 10.0. The molecule has 1 amide bonds. The molecule has 3 rings (SSSR count). The molecule has 0 saturated carbocycles. The first-order chi connectivity index (χ1) is 9.08. The summed E-state index contributed by atoms with van der Waals surface area (Å²) in [5, 5.41) is 6.83. The summed E-state index contributed by atoms with van der Waals surface area (Å²) in [4.78, 5) is 13.2. The van der Waals surface area contributed by atoms with E-state index >= 15 is 0 Å². The molecule has 0 radical (unpaired) electrons. The highest BCUT2D eigenvalue weighted by Gasteiger charge is 2.23. The SMILES string of the molecule is Cc1[nH]nc(N)c1-c1ccc2c(c1)N(C)C(=O)CO2.